The quantitative estimate of drug-likeness (QED) is 0.678. The van der Waals surface area contributed by atoms with Crippen LogP contribution in [0.15, 0.2) is 4.79 Å². The Morgan fingerprint density at radius 1 is 1.58 bits per heavy atom. The number of H-pyrrole nitrogens is 1. The van der Waals surface area contributed by atoms with Crippen molar-refractivity contribution in [2.24, 2.45) is 0 Å². The van der Waals surface area contributed by atoms with Crippen molar-refractivity contribution >= 4 is 5.82 Å². The zero-order valence-electron chi connectivity index (χ0n) is 7.35. The lowest BCUT2D eigenvalue weighted by Gasteiger charge is -2.02. The normalized spacial score (nSPS) is 10.2. The van der Waals surface area contributed by atoms with Gasteiger partial charge in [-0.05, 0) is 13.3 Å². The second-order valence-corrected chi connectivity index (χ2v) is 2.79. The minimum absolute atomic E-state index is 0.0593. The molecule has 12 heavy (non-hydrogen) atoms. The summed E-state index contributed by atoms with van der Waals surface area (Å²) in [5, 5.41) is 6.38. The second-order valence-electron chi connectivity index (χ2n) is 2.79. The molecule has 1 aromatic rings. The van der Waals surface area contributed by atoms with Crippen LogP contribution < -0.4 is 11.2 Å². The first kappa shape index (κ1) is 8.77. The van der Waals surface area contributed by atoms with E-state index in [0.29, 0.717) is 0 Å². The summed E-state index contributed by atoms with van der Waals surface area (Å²) in [6.45, 7) is 3.86. The van der Waals surface area contributed by atoms with E-state index in [0.717, 1.165) is 24.1 Å². The lowest BCUT2D eigenvalue weighted by Crippen LogP contribution is -2.18. The fourth-order valence-electron chi connectivity index (χ4n) is 1.14. The summed E-state index contributed by atoms with van der Waals surface area (Å²) >= 11 is 0. The molecule has 0 saturated carbocycles. The minimum Gasteiger partial charge on any atom is -0.379 e. The van der Waals surface area contributed by atoms with Crippen molar-refractivity contribution in [1.29, 1.82) is 0 Å². The maximum absolute atomic E-state index is 11.4. The maximum Gasteiger partial charge on any atom is 0.227 e. The monoisotopic (exact) mass is 167 g/mol. The molecule has 0 radical (unpaired) electrons. The number of hydrogen-bond donors (Lipinski definition) is 2. The highest BCUT2D eigenvalue weighted by Crippen LogP contribution is 2.02. The van der Waals surface area contributed by atoms with Gasteiger partial charge in [0, 0.05) is 11.3 Å². The van der Waals surface area contributed by atoms with Crippen LogP contribution in [0.2, 0.25) is 0 Å². The predicted octanol–water partition coefficient (Wildman–Crippen LogP) is 0.613. The van der Waals surface area contributed by atoms with Gasteiger partial charge >= 0.3 is 0 Å². The SMILES string of the molecule is CCCc1c(C)[nH]nc(N)c1=O. The zero-order chi connectivity index (χ0) is 9.14. The molecule has 4 nitrogen and oxygen atoms in total. The van der Waals surface area contributed by atoms with Gasteiger partial charge < -0.3 is 5.73 Å². The third-order valence-corrected chi connectivity index (χ3v) is 1.80. The first-order chi connectivity index (χ1) is 5.66. The third-order valence-electron chi connectivity index (χ3n) is 1.80. The number of nitrogens with one attached hydrogen (secondary N) is 1. The number of aromatic nitrogens is 2. The van der Waals surface area contributed by atoms with E-state index in [1.54, 1.807) is 0 Å². The first-order valence-corrected chi connectivity index (χ1v) is 4.00. The molecule has 0 bridgehead atoms. The van der Waals surface area contributed by atoms with Crippen LogP contribution in [0.1, 0.15) is 24.6 Å². The fourth-order valence-corrected chi connectivity index (χ4v) is 1.14. The van der Waals surface area contributed by atoms with Crippen molar-refractivity contribution in [2.45, 2.75) is 26.7 Å². The van der Waals surface area contributed by atoms with Crippen LogP contribution in [0.4, 0.5) is 5.82 Å². The van der Waals surface area contributed by atoms with Crippen molar-refractivity contribution < 1.29 is 0 Å². The number of aryl methyl sites for hydroxylation is 1. The van der Waals surface area contributed by atoms with E-state index in [4.69, 9.17) is 5.73 Å². The number of rotatable bonds is 2. The van der Waals surface area contributed by atoms with Gasteiger partial charge in [-0.15, -0.1) is 0 Å². The van der Waals surface area contributed by atoms with Crippen LogP contribution >= 0.6 is 0 Å². The zero-order valence-corrected chi connectivity index (χ0v) is 7.35. The molecule has 0 saturated heterocycles. The molecule has 4 heteroatoms. The van der Waals surface area contributed by atoms with Crippen molar-refractivity contribution in [3.05, 3.63) is 21.5 Å². The molecule has 66 valence electrons. The van der Waals surface area contributed by atoms with E-state index >= 15 is 0 Å². The molecular formula is C8H13N3O. The highest BCUT2D eigenvalue weighted by molar-refractivity contribution is 5.33. The van der Waals surface area contributed by atoms with Gasteiger partial charge in [0.05, 0.1) is 0 Å². The third kappa shape index (κ3) is 1.47. The van der Waals surface area contributed by atoms with Gasteiger partial charge in [0.25, 0.3) is 0 Å². The van der Waals surface area contributed by atoms with Gasteiger partial charge in [0.15, 0.2) is 5.82 Å². The van der Waals surface area contributed by atoms with E-state index in [2.05, 4.69) is 10.2 Å². The summed E-state index contributed by atoms with van der Waals surface area (Å²) in [4.78, 5) is 11.4. The lowest BCUT2D eigenvalue weighted by molar-refractivity contribution is 0.859. The summed E-state index contributed by atoms with van der Waals surface area (Å²) in [6, 6.07) is 0. The molecule has 0 fully saturated rings. The topological polar surface area (TPSA) is 71.8 Å². The van der Waals surface area contributed by atoms with Crippen molar-refractivity contribution in [2.75, 3.05) is 5.73 Å². The van der Waals surface area contributed by atoms with Crippen LogP contribution in [0.5, 0.6) is 0 Å². The number of nitrogens with two attached hydrogens (primary N) is 1. The van der Waals surface area contributed by atoms with E-state index < -0.39 is 0 Å². The Balaban J connectivity index is 3.24. The molecule has 0 unspecified atom stereocenters. The lowest BCUT2D eigenvalue weighted by atomic mass is 10.1. The molecule has 0 aliphatic carbocycles. The molecule has 0 aliphatic rings. The number of anilines is 1. The van der Waals surface area contributed by atoms with E-state index in [1.807, 2.05) is 13.8 Å². The van der Waals surface area contributed by atoms with Crippen LogP contribution in [0, 0.1) is 6.92 Å². The molecule has 1 heterocycles. The van der Waals surface area contributed by atoms with E-state index in [-0.39, 0.29) is 11.2 Å². The predicted molar refractivity (Wildman–Crippen MR) is 48.0 cm³/mol. The average molecular weight is 167 g/mol. The summed E-state index contributed by atoms with van der Waals surface area (Å²) < 4.78 is 0. The molecule has 0 aromatic carbocycles. The van der Waals surface area contributed by atoms with Gasteiger partial charge in [-0.25, -0.2) is 0 Å². The number of nitrogens with zero attached hydrogens (tertiary/aromatic N) is 1. The molecule has 0 amide bonds. The van der Waals surface area contributed by atoms with Gasteiger partial charge in [-0.1, -0.05) is 13.3 Å². The molecule has 3 N–H and O–H groups in total. The second kappa shape index (κ2) is 3.38. The van der Waals surface area contributed by atoms with Gasteiger partial charge in [0.1, 0.15) is 0 Å². The number of nitrogen functional groups attached to an aromatic ring is 1. The average Bonchev–Trinajstić information content (AvgIpc) is 2.06. The Morgan fingerprint density at radius 2 is 2.25 bits per heavy atom. The van der Waals surface area contributed by atoms with Gasteiger partial charge in [-0.3, -0.25) is 9.89 Å². The molecule has 1 aromatic heterocycles. The number of aromatic amines is 1. The molecule has 0 aliphatic heterocycles. The molecule has 1 rings (SSSR count). The van der Waals surface area contributed by atoms with Crippen LogP contribution in [0.25, 0.3) is 0 Å². The minimum atomic E-state index is -0.131. The Kier molecular flexibility index (Phi) is 2.47. The summed E-state index contributed by atoms with van der Waals surface area (Å²) in [5.74, 6) is 0.0593. The van der Waals surface area contributed by atoms with E-state index in [9.17, 15) is 4.79 Å². The van der Waals surface area contributed by atoms with E-state index in [1.165, 1.54) is 0 Å². The Hall–Kier alpha value is -1.32. The maximum atomic E-state index is 11.4. The smallest absolute Gasteiger partial charge is 0.227 e. The summed E-state index contributed by atoms with van der Waals surface area (Å²) in [5.41, 5.74) is 6.80. The molecule has 0 spiro atoms. The number of hydrogen-bond acceptors (Lipinski definition) is 3. The highest BCUT2D eigenvalue weighted by Gasteiger charge is 2.06. The van der Waals surface area contributed by atoms with Crippen LogP contribution in [0.3, 0.4) is 0 Å². The Morgan fingerprint density at radius 3 is 2.83 bits per heavy atom. The van der Waals surface area contributed by atoms with Crippen molar-refractivity contribution in [3.63, 3.8) is 0 Å². The first-order valence-electron chi connectivity index (χ1n) is 4.00. The largest absolute Gasteiger partial charge is 0.379 e. The molecular weight excluding hydrogens is 154 g/mol. The van der Waals surface area contributed by atoms with Crippen molar-refractivity contribution in [3.8, 4) is 0 Å². The van der Waals surface area contributed by atoms with Crippen LogP contribution in [-0.2, 0) is 6.42 Å². The van der Waals surface area contributed by atoms with Crippen LogP contribution in [-0.4, -0.2) is 10.2 Å². The fraction of sp³-hybridized carbons (Fsp3) is 0.500. The Bertz CT molecular complexity index is 330. The standard InChI is InChI=1S/C8H13N3O/c1-3-4-6-5(2)10-11-8(9)7(6)12/h3-4H2,1-2H3,(H2,9,11)(H,10,12). The van der Waals surface area contributed by atoms with Gasteiger partial charge in [-0.2, -0.15) is 5.10 Å². The summed E-state index contributed by atoms with van der Waals surface area (Å²) in [7, 11) is 0. The molecule has 0 atom stereocenters. The van der Waals surface area contributed by atoms with Gasteiger partial charge in [0.2, 0.25) is 5.43 Å². The van der Waals surface area contributed by atoms with Crippen molar-refractivity contribution in [1.82, 2.24) is 10.2 Å². The summed E-state index contributed by atoms with van der Waals surface area (Å²) in [6.07, 6.45) is 1.70. The Labute approximate surface area is 70.8 Å². The highest BCUT2D eigenvalue weighted by atomic mass is 16.1.